The van der Waals surface area contributed by atoms with Gasteiger partial charge in [0.2, 0.25) is 10.0 Å². The molecule has 0 amide bonds. The van der Waals surface area contributed by atoms with Crippen molar-refractivity contribution in [2.75, 3.05) is 6.61 Å². The first-order valence-electron chi connectivity index (χ1n) is 4.79. The van der Waals surface area contributed by atoms with Crippen LogP contribution in [0, 0.1) is 0 Å². The Kier molecular flexibility index (Phi) is 2.61. The number of nitrogens with one attached hydrogen (secondary N) is 1. The molecule has 0 aliphatic carbocycles. The van der Waals surface area contributed by atoms with Crippen LogP contribution in [0.1, 0.15) is 6.92 Å². The maximum absolute atomic E-state index is 11.4. The Labute approximate surface area is 93.3 Å². The number of primary sulfonamides is 1. The lowest BCUT2D eigenvalue weighted by atomic mass is 10.2. The molecule has 3 N–H and O–H groups in total. The van der Waals surface area contributed by atoms with Crippen molar-refractivity contribution in [1.82, 2.24) is 4.98 Å². The van der Waals surface area contributed by atoms with Crippen molar-refractivity contribution in [2.45, 2.75) is 11.8 Å². The van der Waals surface area contributed by atoms with Crippen molar-refractivity contribution in [1.29, 1.82) is 0 Å². The van der Waals surface area contributed by atoms with Gasteiger partial charge in [0.05, 0.1) is 17.5 Å². The number of aromatic amines is 1. The lowest BCUT2D eigenvalue weighted by molar-refractivity contribution is 0.344. The molecule has 0 radical (unpaired) electrons. The lowest BCUT2D eigenvalue weighted by Crippen LogP contribution is -2.11. The summed E-state index contributed by atoms with van der Waals surface area (Å²) in [4.78, 5) is 2.92. The highest BCUT2D eigenvalue weighted by molar-refractivity contribution is 7.89. The van der Waals surface area contributed by atoms with Crippen molar-refractivity contribution in [3.63, 3.8) is 0 Å². The van der Waals surface area contributed by atoms with Crippen LogP contribution in [-0.2, 0) is 10.0 Å². The zero-order valence-electron chi connectivity index (χ0n) is 8.73. The van der Waals surface area contributed by atoms with Crippen molar-refractivity contribution in [2.24, 2.45) is 5.14 Å². The molecule has 2 aromatic rings. The van der Waals surface area contributed by atoms with Crippen LogP contribution in [0.15, 0.2) is 29.3 Å². The number of H-pyrrole nitrogens is 1. The van der Waals surface area contributed by atoms with Crippen molar-refractivity contribution in [3.05, 3.63) is 24.4 Å². The number of rotatable bonds is 3. The maximum Gasteiger partial charge on any atom is 0.240 e. The number of nitrogens with two attached hydrogens (primary N) is 1. The number of ether oxygens (including phenoxy) is 1. The zero-order chi connectivity index (χ0) is 11.8. The highest BCUT2D eigenvalue weighted by Gasteiger charge is 2.17. The first-order chi connectivity index (χ1) is 7.54. The molecule has 1 aromatic carbocycles. The Morgan fingerprint density at radius 2 is 2.19 bits per heavy atom. The SMILES string of the molecule is CCOc1cccc2[nH]cc(S(N)(=O)=O)c12. The van der Waals surface area contributed by atoms with E-state index in [0.717, 1.165) is 0 Å². The average molecular weight is 240 g/mol. The molecule has 1 heterocycles. The molecule has 0 bridgehead atoms. The van der Waals surface area contributed by atoms with Gasteiger partial charge in [0.25, 0.3) is 0 Å². The second-order valence-electron chi connectivity index (χ2n) is 3.31. The van der Waals surface area contributed by atoms with Gasteiger partial charge in [-0.25, -0.2) is 13.6 Å². The van der Waals surface area contributed by atoms with E-state index in [9.17, 15) is 8.42 Å². The van der Waals surface area contributed by atoms with Gasteiger partial charge >= 0.3 is 0 Å². The Bertz CT molecular complexity index is 616. The highest BCUT2D eigenvalue weighted by Crippen LogP contribution is 2.30. The van der Waals surface area contributed by atoms with E-state index in [1.54, 1.807) is 18.2 Å². The second-order valence-corrected chi connectivity index (χ2v) is 4.84. The average Bonchev–Trinajstić information content (AvgIpc) is 2.62. The monoisotopic (exact) mass is 240 g/mol. The first kappa shape index (κ1) is 11.0. The van der Waals surface area contributed by atoms with Crippen molar-refractivity contribution in [3.8, 4) is 5.75 Å². The van der Waals surface area contributed by atoms with Gasteiger partial charge < -0.3 is 9.72 Å². The van der Waals surface area contributed by atoms with E-state index in [1.807, 2.05) is 6.92 Å². The standard InChI is InChI=1S/C10H12N2O3S/c1-2-15-8-5-3-4-7-10(8)9(6-12-7)16(11,13)14/h3-6,12H,2H2,1H3,(H2,11,13,14). The summed E-state index contributed by atoms with van der Waals surface area (Å²) in [6.07, 6.45) is 1.38. The molecule has 0 saturated carbocycles. The fourth-order valence-corrected chi connectivity index (χ4v) is 2.34. The fraction of sp³-hybridized carbons (Fsp3) is 0.200. The summed E-state index contributed by atoms with van der Waals surface area (Å²) in [6, 6.07) is 5.28. The third-order valence-corrected chi connectivity index (χ3v) is 3.17. The summed E-state index contributed by atoms with van der Waals surface area (Å²) < 4.78 is 28.1. The molecule has 0 fully saturated rings. The van der Waals surface area contributed by atoms with Crippen LogP contribution >= 0.6 is 0 Å². The van der Waals surface area contributed by atoms with Crippen LogP contribution in [0.2, 0.25) is 0 Å². The van der Waals surface area contributed by atoms with Gasteiger partial charge in [-0.1, -0.05) is 6.07 Å². The zero-order valence-corrected chi connectivity index (χ0v) is 9.54. The second kappa shape index (κ2) is 3.80. The minimum absolute atomic E-state index is 0.0616. The Balaban J connectivity index is 2.78. The Hall–Kier alpha value is -1.53. The van der Waals surface area contributed by atoms with Crippen molar-refractivity contribution >= 4 is 20.9 Å². The first-order valence-corrected chi connectivity index (χ1v) is 6.34. The minimum atomic E-state index is -3.74. The molecule has 0 aliphatic heterocycles. The molecular formula is C10H12N2O3S. The minimum Gasteiger partial charge on any atom is -0.493 e. The smallest absolute Gasteiger partial charge is 0.240 e. The Morgan fingerprint density at radius 1 is 1.44 bits per heavy atom. The summed E-state index contributed by atoms with van der Waals surface area (Å²) in [5.41, 5.74) is 0.690. The van der Waals surface area contributed by atoms with E-state index in [1.165, 1.54) is 6.20 Å². The van der Waals surface area contributed by atoms with Gasteiger partial charge in [0.15, 0.2) is 0 Å². The topological polar surface area (TPSA) is 85.2 Å². The Morgan fingerprint density at radius 3 is 2.81 bits per heavy atom. The summed E-state index contributed by atoms with van der Waals surface area (Å²) in [7, 11) is -3.74. The number of aromatic nitrogens is 1. The third-order valence-electron chi connectivity index (χ3n) is 2.24. The fourth-order valence-electron chi connectivity index (χ4n) is 1.62. The molecule has 0 unspecified atom stereocenters. The van der Waals surface area contributed by atoms with E-state index in [4.69, 9.17) is 9.88 Å². The summed E-state index contributed by atoms with van der Waals surface area (Å²) in [6.45, 7) is 2.30. The van der Waals surface area contributed by atoms with Crippen LogP contribution in [0.4, 0.5) is 0 Å². The number of sulfonamides is 1. The van der Waals surface area contributed by atoms with Crippen LogP contribution in [0.3, 0.4) is 0 Å². The largest absolute Gasteiger partial charge is 0.493 e. The summed E-state index contributed by atoms with van der Waals surface area (Å²) >= 11 is 0. The lowest BCUT2D eigenvalue weighted by Gasteiger charge is -2.05. The van der Waals surface area contributed by atoms with Crippen LogP contribution < -0.4 is 9.88 Å². The van der Waals surface area contributed by atoms with E-state index in [2.05, 4.69) is 4.98 Å². The van der Waals surface area contributed by atoms with Gasteiger partial charge in [-0.3, -0.25) is 0 Å². The molecule has 0 aliphatic rings. The van der Waals surface area contributed by atoms with Gasteiger partial charge in [0.1, 0.15) is 10.6 Å². The number of hydrogen-bond acceptors (Lipinski definition) is 3. The van der Waals surface area contributed by atoms with E-state index < -0.39 is 10.0 Å². The number of fused-ring (bicyclic) bond motifs is 1. The van der Waals surface area contributed by atoms with Gasteiger partial charge in [-0.2, -0.15) is 0 Å². The predicted molar refractivity (Wildman–Crippen MR) is 60.8 cm³/mol. The molecule has 6 heteroatoms. The molecule has 0 atom stereocenters. The van der Waals surface area contributed by atoms with E-state index >= 15 is 0 Å². The summed E-state index contributed by atoms with van der Waals surface area (Å²) in [5.74, 6) is 0.519. The van der Waals surface area contributed by atoms with Gasteiger partial charge in [-0.15, -0.1) is 0 Å². The third kappa shape index (κ3) is 1.77. The van der Waals surface area contributed by atoms with Crippen LogP contribution in [0.25, 0.3) is 10.9 Å². The quantitative estimate of drug-likeness (QED) is 0.845. The van der Waals surface area contributed by atoms with E-state index in [0.29, 0.717) is 23.3 Å². The molecule has 86 valence electrons. The van der Waals surface area contributed by atoms with Crippen LogP contribution in [0.5, 0.6) is 5.75 Å². The molecule has 2 rings (SSSR count). The molecule has 0 saturated heterocycles. The molecule has 16 heavy (non-hydrogen) atoms. The molecule has 5 nitrogen and oxygen atoms in total. The normalized spacial score (nSPS) is 11.9. The van der Waals surface area contributed by atoms with Crippen molar-refractivity contribution < 1.29 is 13.2 Å². The maximum atomic E-state index is 11.4. The van der Waals surface area contributed by atoms with Crippen LogP contribution in [-0.4, -0.2) is 20.0 Å². The van der Waals surface area contributed by atoms with E-state index in [-0.39, 0.29) is 4.90 Å². The predicted octanol–water partition coefficient (Wildman–Crippen LogP) is 1.21. The molecule has 0 spiro atoms. The van der Waals surface area contributed by atoms with Gasteiger partial charge in [-0.05, 0) is 19.1 Å². The number of hydrogen-bond donors (Lipinski definition) is 2. The summed E-state index contributed by atoms with van der Waals surface area (Å²) in [5, 5.41) is 5.64. The highest BCUT2D eigenvalue weighted by atomic mass is 32.2. The molecular weight excluding hydrogens is 228 g/mol. The molecule has 1 aromatic heterocycles. The number of benzene rings is 1. The van der Waals surface area contributed by atoms with Gasteiger partial charge in [0, 0.05) is 6.20 Å².